The van der Waals surface area contributed by atoms with Gasteiger partial charge in [0.15, 0.2) is 0 Å². The first-order valence-corrected chi connectivity index (χ1v) is 6.08. The van der Waals surface area contributed by atoms with Crippen molar-refractivity contribution in [2.24, 2.45) is 11.3 Å². The van der Waals surface area contributed by atoms with E-state index < -0.39 is 0 Å². The average Bonchev–Trinajstić information content (AvgIpc) is 2.69. The monoisotopic (exact) mass is 246 g/mol. The van der Waals surface area contributed by atoms with Crippen molar-refractivity contribution in [1.29, 1.82) is 0 Å². The summed E-state index contributed by atoms with van der Waals surface area (Å²) in [6, 6.07) is 0. The van der Waals surface area contributed by atoms with Crippen LogP contribution in [0.3, 0.4) is 0 Å². The number of halogens is 1. The first-order chi connectivity index (χ1) is 7.08. The van der Waals surface area contributed by atoms with Crippen molar-refractivity contribution >= 4 is 18.3 Å². The summed E-state index contributed by atoms with van der Waals surface area (Å²) in [4.78, 5) is 14.2. The van der Waals surface area contributed by atoms with E-state index in [2.05, 4.69) is 24.1 Å². The average molecular weight is 247 g/mol. The Morgan fingerprint density at radius 3 is 2.44 bits per heavy atom. The summed E-state index contributed by atoms with van der Waals surface area (Å²) in [5, 5.41) is 3.26. The van der Waals surface area contributed by atoms with Crippen molar-refractivity contribution in [3.8, 4) is 0 Å². The highest BCUT2D eigenvalue weighted by Crippen LogP contribution is 2.30. The van der Waals surface area contributed by atoms with Crippen LogP contribution in [0.25, 0.3) is 0 Å². The minimum absolute atomic E-state index is 0. The van der Waals surface area contributed by atoms with Gasteiger partial charge in [0.25, 0.3) is 0 Å². The quantitative estimate of drug-likeness (QED) is 0.764. The lowest BCUT2D eigenvalue weighted by Gasteiger charge is -2.37. The molecule has 2 rings (SSSR count). The maximum atomic E-state index is 12.1. The van der Waals surface area contributed by atoms with Gasteiger partial charge < -0.3 is 10.2 Å². The van der Waals surface area contributed by atoms with Crippen LogP contribution in [0, 0.1) is 11.3 Å². The zero-order valence-corrected chi connectivity index (χ0v) is 11.1. The smallest absolute Gasteiger partial charge is 0.227 e. The molecule has 16 heavy (non-hydrogen) atoms. The molecule has 2 aliphatic heterocycles. The molecule has 1 atom stereocenters. The molecular weight excluding hydrogens is 224 g/mol. The summed E-state index contributed by atoms with van der Waals surface area (Å²) in [6.07, 6.45) is 3.33. The fourth-order valence-electron chi connectivity index (χ4n) is 2.46. The number of hydrogen-bond acceptors (Lipinski definition) is 2. The Morgan fingerprint density at radius 1 is 1.31 bits per heavy atom. The molecule has 0 aromatic carbocycles. The molecule has 3 nitrogen and oxygen atoms in total. The standard InChI is InChI=1S/C12H22N2O.ClH/c1-12(2)4-7-14(8-5-12)11(15)10-3-6-13-9-10;/h10,13H,3-9H2,1-2H3;1H/t10-;/m0./s1. The first kappa shape index (κ1) is 13.8. The van der Waals surface area contributed by atoms with Crippen molar-refractivity contribution in [1.82, 2.24) is 10.2 Å². The van der Waals surface area contributed by atoms with Gasteiger partial charge in [0.1, 0.15) is 0 Å². The van der Waals surface area contributed by atoms with E-state index in [9.17, 15) is 4.79 Å². The minimum atomic E-state index is 0. The zero-order valence-electron chi connectivity index (χ0n) is 10.3. The number of carbonyl (C=O) groups excluding carboxylic acids is 1. The van der Waals surface area contributed by atoms with Crippen molar-refractivity contribution in [3.05, 3.63) is 0 Å². The second kappa shape index (κ2) is 5.37. The largest absolute Gasteiger partial charge is 0.342 e. The van der Waals surface area contributed by atoms with Gasteiger partial charge in [-0.2, -0.15) is 0 Å². The van der Waals surface area contributed by atoms with Gasteiger partial charge in [-0.15, -0.1) is 12.4 Å². The molecule has 0 aliphatic carbocycles. The van der Waals surface area contributed by atoms with E-state index in [1.165, 1.54) is 0 Å². The third-order valence-electron chi connectivity index (χ3n) is 3.84. The molecule has 1 amide bonds. The molecule has 94 valence electrons. The van der Waals surface area contributed by atoms with E-state index in [-0.39, 0.29) is 18.3 Å². The van der Waals surface area contributed by atoms with E-state index in [0.717, 1.165) is 45.4 Å². The number of hydrogen-bond donors (Lipinski definition) is 1. The number of piperidine rings is 1. The fraction of sp³-hybridized carbons (Fsp3) is 0.917. The minimum Gasteiger partial charge on any atom is -0.342 e. The van der Waals surface area contributed by atoms with Crippen LogP contribution in [0.15, 0.2) is 0 Å². The van der Waals surface area contributed by atoms with E-state index in [0.29, 0.717) is 11.3 Å². The van der Waals surface area contributed by atoms with Crippen LogP contribution in [-0.4, -0.2) is 37.0 Å². The van der Waals surface area contributed by atoms with Crippen LogP contribution in [0.2, 0.25) is 0 Å². The molecular formula is C12H23ClN2O. The van der Waals surface area contributed by atoms with Crippen molar-refractivity contribution < 1.29 is 4.79 Å². The van der Waals surface area contributed by atoms with Gasteiger partial charge in [-0.05, 0) is 31.2 Å². The Morgan fingerprint density at radius 2 is 1.94 bits per heavy atom. The Balaban J connectivity index is 0.00000128. The first-order valence-electron chi connectivity index (χ1n) is 6.08. The van der Waals surface area contributed by atoms with Gasteiger partial charge in [-0.3, -0.25) is 4.79 Å². The molecule has 0 spiro atoms. The lowest BCUT2D eigenvalue weighted by molar-refractivity contribution is -0.136. The maximum absolute atomic E-state index is 12.1. The van der Waals surface area contributed by atoms with Crippen molar-refractivity contribution in [3.63, 3.8) is 0 Å². The molecule has 2 saturated heterocycles. The van der Waals surface area contributed by atoms with Gasteiger partial charge in [-0.1, -0.05) is 13.8 Å². The Kier molecular flexibility index (Phi) is 4.62. The molecule has 2 fully saturated rings. The lowest BCUT2D eigenvalue weighted by Crippen LogP contribution is -2.44. The Hall–Kier alpha value is -0.280. The SMILES string of the molecule is CC1(C)CCN(C(=O)[C@H]2CCNC2)CC1.Cl. The summed E-state index contributed by atoms with van der Waals surface area (Å²) in [6.45, 7) is 8.41. The second-order valence-corrected chi connectivity index (χ2v) is 5.68. The predicted octanol–water partition coefficient (Wildman–Crippen LogP) is 1.67. The number of carbonyl (C=O) groups is 1. The van der Waals surface area contributed by atoms with E-state index in [1.807, 2.05) is 0 Å². The number of nitrogens with zero attached hydrogens (tertiary/aromatic N) is 1. The van der Waals surface area contributed by atoms with Crippen molar-refractivity contribution in [2.45, 2.75) is 33.1 Å². The lowest BCUT2D eigenvalue weighted by atomic mass is 9.82. The molecule has 1 N–H and O–H groups in total. The number of rotatable bonds is 1. The van der Waals surface area contributed by atoms with Crippen LogP contribution in [0.4, 0.5) is 0 Å². The topological polar surface area (TPSA) is 32.3 Å². The fourth-order valence-corrected chi connectivity index (χ4v) is 2.46. The molecule has 0 bridgehead atoms. The highest BCUT2D eigenvalue weighted by atomic mass is 35.5. The Bertz CT molecular complexity index is 239. The molecule has 4 heteroatoms. The zero-order chi connectivity index (χ0) is 10.9. The maximum Gasteiger partial charge on any atom is 0.227 e. The normalized spacial score (nSPS) is 28.6. The van der Waals surface area contributed by atoms with Gasteiger partial charge in [-0.25, -0.2) is 0 Å². The van der Waals surface area contributed by atoms with Crippen LogP contribution in [0.1, 0.15) is 33.1 Å². The molecule has 0 aromatic rings. The molecule has 2 heterocycles. The third-order valence-corrected chi connectivity index (χ3v) is 3.84. The molecule has 0 saturated carbocycles. The number of likely N-dealkylation sites (tertiary alicyclic amines) is 1. The van der Waals surface area contributed by atoms with Gasteiger partial charge in [0, 0.05) is 19.6 Å². The second-order valence-electron chi connectivity index (χ2n) is 5.68. The Labute approximate surface area is 104 Å². The highest BCUT2D eigenvalue weighted by Gasteiger charge is 2.32. The van der Waals surface area contributed by atoms with Crippen LogP contribution in [0.5, 0.6) is 0 Å². The van der Waals surface area contributed by atoms with Crippen LogP contribution < -0.4 is 5.32 Å². The number of amides is 1. The summed E-state index contributed by atoms with van der Waals surface area (Å²) in [7, 11) is 0. The molecule has 0 unspecified atom stereocenters. The predicted molar refractivity (Wildman–Crippen MR) is 67.8 cm³/mol. The van der Waals surface area contributed by atoms with Gasteiger partial charge in [0.2, 0.25) is 5.91 Å². The van der Waals surface area contributed by atoms with Gasteiger partial charge in [0.05, 0.1) is 5.92 Å². The summed E-state index contributed by atoms with van der Waals surface area (Å²) in [5.41, 5.74) is 0.435. The van der Waals surface area contributed by atoms with E-state index in [1.54, 1.807) is 0 Å². The van der Waals surface area contributed by atoms with E-state index >= 15 is 0 Å². The third kappa shape index (κ3) is 3.11. The highest BCUT2D eigenvalue weighted by molar-refractivity contribution is 5.85. The molecule has 0 aromatic heterocycles. The van der Waals surface area contributed by atoms with Crippen LogP contribution >= 0.6 is 12.4 Å². The number of nitrogens with one attached hydrogen (secondary N) is 1. The molecule has 0 radical (unpaired) electrons. The van der Waals surface area contributed by atoms with Crippen molar-refractivity contribution in [2.75, 3.05) is 26.2 Å². The van der Waals surface area contributed by atoms with E-state index in [4.69, 9.17) is 0 Å². The summed E-state index contributed by atoms with van der Waals surface area (Å²) in [5.74, 6) is 0.640. The molecule has 2 aliphatic rings. The summed E-state index contributed by atoms with van der Waals surface area (Å²) < 4.78 is 0. The summed E-state index contributed by atoms with van der Waals surface area (Å²) >= 11 is 0. The van der Waals surface area contributed by atoms with Crippen LogP contribution in [-0.2, 0) is 4.79 Å². The van der Waals surface area contributed by atoms with Gasteiger partial charge >= 0.3 is 0 Å².